The normalized spacial score (nSPS) is 23.8. The average molecular weight is 358 g/mol. The molecule has 1 unspecified atom stereocenters. The summed E-state index contributed by atoms with van der Waals surface area (Å²) in [5.41, 5.74) is 0.745. The molecule has 0 aromatic heterocycles. The van der Waals surface area contributed by atoms with E-state index in [1.54, 1.807) is 0 Å². The third-order valence-corrected chi connectivity index (χ3v) is 7.10. The van der Waals surface area contributed by atoms with Crippen molar-refractivity contribution in [2.75, 3.05) is 37.7 Å². The zero-order chi connectivity index (χ0) is 17.4. The molecule has 2 heterocycles. The smallest absolute Gasteiger partial charge is 0.254 e. The molecule has 6 heteroatoms. The molecule has 5 nitrogen and oxygen atoms in total. The van der Waals surface area contributed by atoms with Crippen LogP contribution >= 0.6 is 0 Å². The monoisotopic (exact) mass is 358 g/mol. The molecule has 2 saturated heterocycles. The van der Waals surface area contributed by atoms with E-state index < -0.39 is 9.84 Å². The fourth-order valence-corrected chi connectivity index (χ4v) is 5.70. The fourth-order valence-electron chi connectivity index (χ4n) is 3.94. The highest BCUT2D eigenvalue weighted by molar-refractivity contribution is 7.91. The highest BCUT2D eigenvalue weighted by Crippen LogP contribution is 2.22. The van der Waals surface area contributed by atoms with E-state index in [0.717, 1.165) is 35.8 Å². The second kappa shape index (κ2) is 6.42. The van der Waals surface area contributed by atoms with Crippen LogP contribution in [0, 0.1) is 0 Å². The van der Waals surface area contributed by atoms with Crippen LogP contribution in [0.3, 0.4) is 0 Å². The van der Waals surface area contributed by atoms with E-state index in [1.165, 1.54) is 0 Å². The van der Waals surface area contributed by atoms with Gasteiger partial charge in [-0.05, 0) is 23.3 Å². The summed E-state index contributed by atoms with van der Waals surface area (Å²) >= 11 is 0. The van der Waals surface area contributed by atoms with Crippen LogP contribution in [-0.4, -0.2) is 67.9 Å². The minimum Gasteiger partial charge on any atom is -0.336 e. The van der Waals surface area contributed by atoms with Gasteiger partial charge in [0.05, 0.1) is 11.5 Å². The summed E-state index contributed by atoms with van der Waals surface area (Å²) in [7, 11) is -2.86. The van der Waals surface area contributed by atoms with E-state index in [1.807, 2.05) is 47.4 Å². The van der Waals surface area contributed by atoms with Crippen molar-refractivity contribution < 1.29 is 13.2 Å². The van der Waals surface area contributed by atoms with Crippen LogP contribution in [0.4, 0.5) is 0 Å². The number of benzene rings is 2. The quantitative estimate of drug-likeness (QED) is 0.821. The van der Waals surface area contributed by atoms with Crippen molar-refractivity contribution in [2.45, 2.75) is 12.5 Å². The molecule has 2 aliphatic heterocycles. The molecule has 0 radical (unpaired) electrons. The third kappa shape index (κ3) is 3.28. The molecular weight excluding hydrogens is 336 g/mol. The van der Waals surface area contributed by atoms with Gasteiger partial charge in [-0.2, -0.15) is 0 Å². The van der Waals surface area contributed by atoms with Gasteiger partial charge in [0.2, 0.25) is 0 Å². The Labute approximate surface area is 148 Å². The molecule has 2 aliphatic rings. The third-order valence-electron chi connectivity index (χ3n) is 5.35. The maximum atomic E-state index is 13.0. The number of nitrogens with zero attached hydrogens (tertiary/aromatic N) is 2. The SMILES string of the molecule is O=C(c1cccc2ccccc12)N1CCN(C2CCS(=O)(=O)C2)CC1. The number of amides is 1. The lowest BCUT2D eigenvalue weighted by Gasteiger charge is -2.37. The Morgan fingerprint density at radius 3 is 2.40 bits per heavy atom. The van der Waals surface area contributed by atoms with Gasteiger partial charge in [0, 0.05) is 37.8 Å². The van der Waals surface area contributed by atoms with Gasteiger partial charge in [-0.1, -0.05) is 36.4 Å². The molecule has 2 fully saturated rings. The lowest BCUT2D eigenvalue weighted by molar-refractivity contribution is 0.0589. The van der Waals surface area contributed by atoms with Crippen LogP contribution in [0.2, 0.25) is 0 Å². The predicted molar refractivity (Wildman–Crippen MR) is 98.5 cm³/mol. The first-order chi connectivity index (χ1) is 12.0. The highest BCUT2D eigenvalue weighted by atomic mass is 32.2. The molecule has 4 rings (SSSR count). The van der Waals surface area contributed by atoms with Gasteiger partial charge < -0.3 is 4.90 Å². The van der Waals surface area contributed by atoms with Crippen molar-refractivity contribution in [3.8, 4) is 0 Å². The lowest BCUT2D eigenvalue weighted by atomic mass is 10.0. The second-order valence-electron chi connectivity index (χ2n) is 6.91. The van der Waals surface area contributed by atoms with E-state index in [0.29, 0.717) is 18.8 Å². The Kier molecular flexibility index (Phi) is 4.25. The van der Waals surface area contributed by atoms with Gasteiger partial charge in [-0.3, -0.25) is 9.69 Å². The van der Waals surface area contributed by atoms with Crippen molar-refractivity contribution in [3.05, 3.63) is 48.0 Å². The van der Waals surface area contributed by atoms with Crippen molar-refractivity contribution in [2.24, 2.45) is 0 Å². The lowest BCUT2D eigenvalue weighted by Crippen LogP contribution is -2.52. The predicted octanol–water partition coefficient (Wildman–Crippen LogP) is 1.78. The van der Waals surface area contributed by atoms with E-state index in [2.05, 4.69) is 4.90 Å². The number of hydrogen-bond donors (Lipinski definition) is 0. The Bertz CT molecular complexity index is 897. The van der Waals surface area contributed by atoms with E-state index in [-0.39, 0.29) is 17.7 Å². The van der Waals surface area contributed by atoms with E-state index >= 15 is 0 Å². The molecule has 2 aromatic rings. The molecular formula is C19H22N2O3S. The first-order valence-corrected chi connectivity index (χ1v) is 10.6. The molecule has 1 atom stereocenters. The highest BCUT2D eigenvalue weighted by Gasteiger charge is 2.34. The summed E-state index contributed by atoms with van der Waals surface area (Å²) in [6.07, 6.45) is 0.722. The van der Waals surface area contributed by atoms with Crippen molar-refractivity contribution in [1.82, 2.24) is 9.80 Å². The maximum absolute atomic E-state index is 13.0. The van der Waals surface area contributed by atoms with Gasteiger partial charge >= 0.3 is 0 Å². The van der Waals surface area contributed by atoms with Crippen molar-refractivity contribution >= 4 is 26.5 Å². The summed E-state index contributed by atoms with van der Waals surface area (Å²) in [6, 6.07) is 13.9. The van der Waals surface area contributed by atoms with E-state index in [4.69, 9.17) is 0 Å². The van der Waals surface area contributed by atoms with E-state index in [9.17, 15) is 13.2 Å². The van der Waals surface area contributed by atoms with Crippen LogP contribution in [0.5, 0.6) is 0 Å². The summed E-state index contributed by atoms with van der Waals surface area (Å²) in [4.78, 5) is 17.1. The molecule has 132 valence electrons. The number of sulfone groups is 1. The topological polar surface area (TPSA) is 57.7 Å². The molecule has 1 amide bonds. The Morgan fingerprint density at radius 1 is 0.960 bits per heavy atom. The van der Waals surface area contributed by atoms with Crippen molar-refractivity contribution in [3.63, 3.8) is 0 Å². The molecule has 25 heavy (non-hydrogen) atoms. The fraction of sp³-hybridized carbons (Fsp3) is 0.421. The number of fused-ring (bicyclic) bond motifs is 1. The summed E-state index contributed by atoms with van der Waals surface area (Å²) in [5.74, 6) is 0.632. The summed E-state index contributed by atoms with van der Waals surface area (Å²) in [5, 5.41) is 2.06. The number of hydrogen-bond acceptors (Lipinski definition) is 4. The first kappa shape index (κ1) is 16.5. The molecule has 2 aromatic carbocycles. The first-order valence-electron chi connectivity index (χ1n) is 8.75. The maximum Gasteiger partial charge on any atom is 0.254 e. The van der Waals surface area contributed by atoms with Crippen LogP contribution < -0.4 is 0 Å². The van der Waals surface area contributed by atoms with Crippen LogP contribution in [-0.2, 0) is 9.84 Å². The summed E-state index contributed by atoms with van der Waals surface area (Å²) in [6.45, 7) is 2.80. The summed E-state index contributed by atoms with van der Waals surface area (Å²) < 4.78 is 23.3. The van der Waals surface area contributed by atoms with Crippen LogP contribution in [0.25, 0.3) is 10.8 Å². The van der Waals surface area contributed by atoms with Gasteiger partial charge in [0.15, 0.2) is 9.84 Å². The van der Waals surface area contributed by atoms with Crippen molar-refractivity contribution in [1.29, 1.82) is 0 Å². The minimum atomic E-state index is -2.86. The standard InChI is InChI=1S/C19H22N2O3S/c22-19(18-7-3-5-15-4-1-2-6-17(15)18)21-11-9-20(10-12-21)16-8-13-25(23,24)14-16/h1-7,16H,8-14H2. The molecule has 0 spiro atoms. The molecule has 0 aliphatic carbocycles. The zero-order valence-corrected chi connectivity index (χ0v) is 14.9. The Hall–Kier alpha value is -1.92. The largest absolute Gasteiger partial charge is 0.336 e. The average Bonchev–Trinajstić information content (AvgIpc) is 3.01. The van der Waals surface area contributed by atoms with Gasteiger partial charge in [-0.15, -0.1) is 0 Å². The number of carbonyl (C=O) groups excluding carboxylic acids is 1. The number of rotatable bonds is 2. The Morgan fingerprint density at radius 2 is 1.68 bits per heavy atom. The zero-order valence-electron chi connectivity index (χ0n) is 14.1. The van der Waals surface area contributed by atoms with Gasteiger partial charge in [0.25, 0.3) is 5.91 Å². The number of piperazine rings is 1. The van der Waals surface area contributed by atoms with Crippen LogP contribution in [0.15, 0.2) is 42.5 Å². The Balaban J connectivity index is 1.46. The molecule has 0 bridgehead atoms. The second-order valence-corrected chi connectivity index (χ2v) is 9.14. The molecule has 0 saturated carbocycles. The van der Waals surface area contributed by atoms with Crippen LogP contribution in [0.1, 0.15) is 16.8 Å². The van der Waals surface area contributed by atoms with Gasteiger partial charge in [-0.25, -0.2) is 8.42 Å². The molecule has 0 N–H and O–H groups in total. The number of carbonyl (C=O) groups is 1. The minimum absolute atomic E-state index is 0.0653. The van der Waals surface area contributed by atoms with Gasteiger partial charge in [0.1, 0.15) is 0 Å².